The number of aromatic nitrogens is 8. The predicted molar refractivity (Wildman–Crippen MR) is 402 cm³/mol. The summed E-state index contributed by atoms with van der Waals surface area (Å²) < 4.78 is 4.76. The smallest absolute Gasteiger partial charge is 0.164 e. The Morgan fingerprint density at radius 2 is 0.459 bits per heavy atom. The van der Waals surface area contributed by atoms with Crippen LogP contribution in [0.4, 0.5) is 0 Å². The van der Waals surface area contributed by atoms with E-state index in [0.29, 0.717) is 34.9 Å². The van der Waals surface area contributed by atoms with Crippen LogP contribution in [0.2, 0.25) is 0 Å². The first kappa shape index (κ1) is 57.4. The molecule has 0 amide bonds. The Bertz CT molecular complexity index is 5900. The minimum atomic E-state index is 0.594. The van der Waals surface area contributed by atoms with Gasteiger partial charge in [0.1, 0.15) is 0 Å². The first-order chi connectivity index (χ1) is 48.5. The van der Waals surface area contributed by atoms with E-state index in [1.54, 1.807) is 0 Å². The van der Waals surface area contributed by atoms with E-state index in [4.69, 9.17) is 29.9 Å². The molecule has 14 aromatic carbocycles. The Morgan fingerprint density at radius 1 is 0.153 bits per heavy atom. The number of hydrogen-bond donors (Lipinski definition) is 0. The Balaban J connectivity index is 0.700. The second kappa shape index (κ2) is 24.6. The van der Waals surface area contributed by atoms with Gasteiger partial charge in [-0.05, 0) is 134 Å². The highest BCUT2D eigenvalue weighted by Crippen LogP contribution is 2.42. The molecule has 98 heavy (non-hydrogen) atoms. The summed E-state index contributed by atoms with van der Waals surface area (Å²) in [4.78, 5) is 30.6. The molecule has 0 N–H and O–H groups in total. The highest BCUT2D eigenvalue weighted by atomic mass is 15.0. The molecule has 0 aliphatic carbocycles. The molecule has 0 saturated heterocycles. The zero-order chi connectivity index (χ0) is 64.9. The Hall–Kier alpha value is -13.3. The number of para-hydroxylation sites is 3. The third kappa shape index (κ3) is 10.6. The first-order valence-corrected chi connectivity index (χ1v) is 33.0. The normalized spacial score (nSPS) is 11.5. The Kier molecular flexibility index (Phi) is 14.4. The van der Waals surface area contributed by atoms with Gasteiger partial charge in [-0.25, -0.2) is 29.9 Å². The lowest BCUT2D eigenvalue weighted by Crippen LogP contribution is -2.01. The van der Waals surface area contributed by atoms with E-state index in [2.05, 4.69) is 264 Å². The predicted octanol–water partition coefficient (Wildman–Crippen LogP) is 22.6. The van der Waals surface area contributed by atoms with E-state index < -0.39 is 0 Å². The van der Waals surface area contributed by atoms with Gasteiger partial charge in [-0.1, -0.05) is 273 Å². The van der Waals surface area contributed by atoms with Gasteiger partial charge in [-0.2, -0.15) is 0 Å². The zero-order valence-electron chi connectivity index (χ0n) is 53.1. The lowest BCUT2D eigenvalue weighted by atomic mass is 9.92. The van der Waals surface area contributed by atoms with Crippen molar-refractivity contribution in [3.63, 3.8) is 0 Å². The van der Waals surface area contributed by atoms with Gasteiger partial charge in [-0.3, -0.25) is 0 Å². The fourth-order valence-corrected chi connectivity index (χ4v) is 13.8. The molecule has 0 spiro atoms. The molecule has 0 radical (unpaired) electrons. The van der Waals surface area contributed by atoms with Gasteiger partial charge in [0.05, 0.1) is 22.1 Å². The monoisotopic (exact) mass is 1250 g/mol. The van der Waals surface area contributed by atoms with Crippen LogP contribution in [0.15, 0.2) is 352 Å². The van der Waals surface area contributed by atoms with Crippen molar-refractivity contribution >= 4 is 43.6 Å². The molecule has 8 nitrogen and oxygen atoms in total. The van der Waals surface area contributed by atoms with Crippen LogP contribution in [0.3, 0.4) is 0 Å². The molecular formula is C90H58N8. The molecule has 0 saturated carbocycles. The Labute approximate surface area is 566 Å². The third-order valence-corrected chi connectivity index (χ3v) is 18.7. The summed E-state index contributed by atoms with van der Waals surface area (Å²) in [6.07, 6.45) is 0. The maximum atomic E-state index is 5.28. The van der Waals surface area contributed by atoms with E-state index >= 15 is 0 Å². The van der Waals surface area contributed by atoms with Crippen molar-refractivity contribution in [1.82, 2.24) is 39.0 Å². The number of hydrogen-bond acceptors (Lipinski definition) is 6. The SMILES string of the molecule is c1ccc(-c2nc(-c3ccccc3)nc(-c3cccc(-c4ccc(-c5ccc6c(c5)c5ccccc5n6-c5cccc(-c6ccc(-c7nc(-c8ccccc8)nc(-c8ccccc8)n7)c(-c7ccc(-c8ccc9c(c8)c8ccccc8n9-c8ccccc8)cc7)c6)c5)cc4)c3)n2)cc1. The summed E-state index contributed by atoms with van der Waals surface area (Å²) in [5.74, 6) is 3.71. The maximum Gasteiger partial charge on any atom is 0.164 e. The van der Waals surface area contributed by atoms with Crippen LogP contribution in [0, 0.1) is 0 Å². The number of fused-ring (bicyclic) bond motifs is 6. The average Bonchev–Trinajstić information content (AvgIpc) is 1.55. The van der Waals surface area contributed by atoms with Crippen molar-refractivity contribution in [2.45, 2.75) is 0 Å². The summed E-state index contributed by atoms with van der Waals surface area (Å²) in [7, 11) is 0. The molecule has 0 aliphatic rings. The molecule has 458 valence electrons. The van der Waals surface area contributed by atoms with Crippen LogP contribution in [0.1, 0.15) is 0 Å². The maximum absolute atomic E-state index is 5.28. The van der Waals surface area contributed by atoms with Crippen LogP contribution in [-0.2, 0) is 0 Å². The molecule has 0 atom stereocenters. The van der Waals surface area contributed by atoms with Crippen molar-refractivity contribution in [2.24, 2.45) is 0 Å². The highest BCUT2D eigenvalue weighted by Gasteiger charge is 2.21. The van der Waals surface area contributed by atoms with Crippen molar-refractivity contribution in [1.29, 1.82) is 0 Å². The molecule has 0 bridgehead atoms. The van der Waals surface area contributed by atoms with Gasteiger partial charge < -0.3 is 9.13 Å². The van der Waals surface area contributed by atoms with E-state index in [0.717, 1.165) is 111 Å². The Morgan fingerprint density at radius 3 is 0.939 bits per heavy atom. The molecule has 4 aromatic heterocycles. The van der Waals surface area contributed by atoms with Crippen molar-refractivity contribution in [2.75, 3.05) is 0 Å². The van der Waals surface area contributed by atoms with Crippen LogP contribution >= 0.6 is 0 Å². The van der Waals surface area contributed by atoms with E-state index in [9.17, 15) is 0 Å². The van der Waals surface area contributed by atoms with Crippen LogP contribution in [0.5, 0.6) is 0 Å². The van der Waals surface area contributed by atoms with Crippen molar-refractivity contribution in [3.8, 4) is 135 Å². The third-order valence-electron chi connectivity index (χ3n) is 18.7. The second-order valence-electron chi connectivity index (χ2n) is 24.6. The minimum Gasteiger partial charge on any atom is -0.309 e. The second-order valence-corrected chi connectivity index (χ2v) is 24.6. The summed E-state index contributed by atoms with van der Waals surface area (Å²) in [6.45, 7) is 0. The largest absolute Gasteiger partial charge is 0.309 e. The first-order valence-electron chi connectivity index (χ1n) is 33.0. The summed E-state index contributed by atoms with van der Waals surface area (Å²) >= 11 is 0. The van der Waals surface area contributed by atoms with Gasteiger partial charge in [0.2, 0.25) is 0 Å². The van der Waals surface area contributed by atoms with Gasteiger partial charge in [0.25, 0.3) is 0 Å². The topological polar surface area (TPSA) is 87.2 Å². The van der Waals surface area contributed by atoms with E-state index in [-0.39, 0.29) is 0 Å². The summed E-state index contributed by atoms with van der Waals surface area (Å²) in [6, 6.07) is 124. The zero-order valence-corrected chi connectivity index (χ0v) is 53.1. The molecule has 0 fully saturated rings. The number of benzene rings is 14. The van der Waals surface area contributed by atoms with E-state index in [1.807, 2.05) is 97.1 Å². The number of rotatable bonds is 13. The molecule has 8 heteroatoms. The highest BCUT2D eigenvalue weighted by molar-refractivity contribution is 6.12. The van der Waals surface area contributed by atoms with Crippen molar-refractivity contribution < 1.29 is 0 Å². The summed E-state index contributed by atoms with van der Waals surface area (Å²) in [5, 5.41) is 4.79. The quantitative estimate of drug-likeness (QED) is 0.114. The number of nitrogens with zero attached hydrogens (tertiary/aromatic N) is 8. The van der Waals surface area contributed by atoms with Gasteiger partial charge >= 0.3 is 0 Å². The van der Waals surface area contributed by atoms with Gasteiger partial charge in [0, 0.05) is 66.3 Å². The lowest BCUT2D eigenvalue weighted by molar-refractivity contribution is 1.07. The molecule has 18 aromatic rings. The fourth-order valence-electron chi connectivity index (χ4n) is 13.8. The van der Waals surface area contributed by atoms with E-state index in [1.165, 1.54) is 32.6 Å². The van der Waals surface area contributed by atoms with Crippen LogP contribution < -0.4 is 0 Å². The van der Waals surface area contributed by atoms with Crippen LogP contribution in [0.25, 0.3) is 179 Å². The standard InChI is InChI=1S/C90H58N8/c1-6-22-63(23-7-1)85-91-86(64-24-8-2-9-25-64)94-89(93-85)72-32-20-30-67(54-72)59-40-42-60(43-41-59)69-50-53-84-80(58-69)76-37-17-19-39-82(76)98(84)74-35-21-31-68(55-74)71-48-51-77(90-95-87(65-26-10-3-11-27-65)92-88(96-90)66-28-12-4-13-29-66)78(56-71)62-46-44-61(45-47-62)70-49-52-83-79(57-70)75-36-16-18-38-81(75)97(83)73-33-14-5-15-34-73/h1-58H. The lowest BCUT2D eigenvalue weighted by Gasteiger charge is -2.15. The minimum absolute atomic E-state index is 0.594. The molecular weight excluding hydrogens is 1190 g/mol. The van der Waals surface area contributed by atoms with Gasteiger partial charge in [0.15, 0.2) is 34.9 Å². The van der Waals surface area contributed by atoms with Crippen LogP contribution in [-0.4, -0.2) is 39.0 Å². The fraction of sp³-hybridized carbons (Fsp3) is 0. The van der Waals surface area contributed by atoms with Gasteiger partial charge in [-0.15, -0.1) is 0 Å². The molecule has 0 aliphatic heterocycles. The molecule has 18 rings (SSSR count). The molecule has 0 unspecified atom stereocenters. The average molecular weight is 1250 g/mol. The summed E-state index contributed by atoms with van der Waals surface area (Å²) in [5.41, 5.74) is 23.2. The molecule has 4 heterocycles. The van der Waals surface area contributed by atoms with Crippen molar-refractivity contribution in [3.05, 3.63) is 352 Å².